The van der Waals surface area contributed by atoms with E-state index >= 15 is 0 Å². The molecule has 0 aliphatic carbocycles. The number of halogens is 1. The maximum atomic E-state index is 6.51. The predicted octanol–water partition coefficient (Wildman–Crippen LogP) is 3.49. The average molecular weight is 344 g/mol. The zero-order chi connectivity index (χ0) is 13.6. The van der Waals surface area contributed by atoms with E-state index < -0.39 is 0 Å². The SMILES string of the molecule is CC(C)C1SCc2c(Br)cc3c(c2C1N)OCCO3. The van der Waals surface area contributed by atoms with Crippen LogP contribution in [-0.2, 0) is 5.75 Å². The molecule has 2 heterocycles. The Balaban J connectivity index is 2.13. The summed E-state index contributed by atoms with van der Waals surface area (Å²) in [4.78, 5) is 0. The van der Waals surface area contributed by atoms with Crippen molar-refractivity contribution in [3.8, 4) is 11.5 Å². The molecule has 2 aliphatic heterocycles. The van der Waals surface area contributed by atoms with Gasteiger partial charge in [0.1, 0.15) is 13.2 Å². The molecule has 1 aromatic carbocycles. The van der Waals surface area contributed by atoms with Crippen molar-refractivity contribution in [2.24, 2.45) is 11.7 Å². The summed E-state index contributed by atoms with van der Waals surface area (Å²) in [6, 6.07) is 2.01. The number of nitrogens with two attached hydrogens (primary N) is 1. The van der Waals surface area contributed by atoms with Crippen LogP contribution in [-0.4, -0.2) is 18.5 Å². The smallest absolute Gasteiger partial charge is 0.166 e. The molecule has 2 atom stereocenters. The van der Waals surface area contributed by atoms with Crippen molar-refractivity contribution < 1.29 is 9.47 Å². The minimum Gasteiger partial charge on any atom is -0.486 e. The Labute approximate surface area is 126 Å². The van der Waals surface area contributed by atoms with E-state index in [1.165, 1.54) is 5.56 Å². The van der Waals surface area contributed by atoms with Crippen LogP contribution < -0.4 is 15.2 Å². The molecule has 3 rings (SSSR count). The van der Waals surface area contributed by atoms with Gasteiger partial charge in [-0.2, -0.15) is 11.8 Å². The first kappa shape index (κ1) is 13.6. The summed E-state index contributed by atoms with van der Waals surface area (Å²) < 4.78 is 12.6. The molecule has 19 heavy (non-hydrogen) atoms. The highest BCUT2D eigenvalue weighted by Crippen LogP contribution is 2.50. The lowest BCUT2D eigenvalue weighted by molar-refractivity contribution is 0.168. The molecular weight excluding hydrogens is 326 g/mol. The molecule has 0 saturated carbocycles. The van der Waals surface area contributed by atoms with Crippen LogP contribution in [0, 0.1) is 5.92 Å². The van der Waals surface area contributed by atoms with Gasteiger partial charge in [0.15, 0.2) is 11.5 Å². The highest BCUT2D eigenvalue weighted by molar-refractivity contribution is 9.10. The van der Waals surface area contributed by atoms with Crippen LogP contribution in [0.5, 0.6) is 11.5 Å². The second-order valence-corrected chi connectivity index (χ2v) is 7.34. The number of hydrogen-bond acceptors (Lipinski definition) is 4. The molecule has 3 nitrogen and oxygen atoms in total. The first-order valence-electron chi connectivity index (χ1n) is 6.57. The second-order valence-electron chi connectivity index (χ2n) is 5.32. The van der Waals surface area contributed by atoms with Gasteiger partial charge in [-0.3, -0.25) is 0 Å². The van der Waals surface area contributed by atoms with Crippen LogP contribution in [0.4, 0.5) is 0 Å². The number of fused-ring (bicyclic) bond motifs is 3. The fraction of sp³-hybridized carbons (Fsp3) is 0.571. The second kappa shape index (κ2) is 5.19. The average Bonchev–Trinajstić information content (AvgIpc) is 2.38. The Morgan fingerprint density at radius 1 is 1.37 bits per heavy atom. The molecule has 0 fully saturated rings. The Bertz CT molecular complexity index is 507. The molecule has 0 bridgehead atoms. The third kappa shape index (κ3) is 2.26. The predicted molar refractivity (Wildman–Crippen MR) is 82.0 cm³/mol. The van der Waals surface area contributed by atoms with E-state index in [4.69, 9.17) is 15.2 Å². The number of thioether (sulfide) groups is 1. The van der Waals surface area contributed by atoms with Gasteiger partial charge in [0.25, 0.3) is 0 Å². The van der Waals surface area contributed by atoms with Gasteiger partial charge in [0.05, 0.1) is 0 Å². The summed E-state index contributed by atoms with van der Waals surface area (Å²) in [6.07, 6.45) is 0. The number of ether oxygens (including phenoxy) is 2. The fourth-order valence-electron chi connectivity index (χ4n) is 2.77. The molecule has 0 radical (unpaired) electrons. The summed E-state index contributed by atoms with van der Waals surface area (Å²) in [5, 5.41) is 0.427. The zero-order valence-corrected chi connectivity index (χ0v) is 13.5. The molecule has 0 saturated heterocycles. The lowest BCUT2D eigenvalue weighted by Gasteiger charge is -2.36. The highest BCUT2D eigenvalue weighted by atomic mass is 79.9. The molecule has 0 spiro atoms. The first-order valence-corrected chi connectivity index (χ1v) is 8.41. The van der Waals surface area contributed by atoms with Crippen LogP contribution in [0.3, 0.4) is 0 Å². The van der Waals surface area contributed by atoms with Crippen molar-refractivity contribution in [2.45, 2.75) is 30.9 Å². The van der Waals surface area contributed by atoms with Crippen LogP contribution in [0.1, 0.15) is 31.0 Å². The fourth-order valence-corrected chi connectivity index (χ4v) is 4.92. The van der Waals surface area contributed by atoms with E-state index in [1.54, 1.807) is 0 Å². The minimum atomic E-state index is 0.00157. The van der Waals surface area contributed by atoms with E-state index in [9.17, 15) is 0 Å². The molecule has 0 aromatic heterocycles. The van der Waals surface area contributed by atoms with Gasteiger partial charge in [0, 0.05) is 27.1 Å². The maximum absolute atomic E-state index is 6.51. The Hall–Kier alpha value is -0.390. The zero-order valence-electron chi connectivity index (χ0n) is 11.1. The molecule has 0 amide bonds. The summed E-state index contributed by atoms with van der Waals surface area (Å²) in [5.74, 6) is 3.21. The van der Waals surface area contributed by atoms with E-state index in [-0.39, 0.29) is 6.04 Å². The van der Waals surface area contributed by atoms with Crippen molar-refractivity contribution >= 4 is 27.7 Å². The van der Waals surface area contributed by atoms with Gasteiger partial charge in [-0.05, 0) is 17.5 Å². The van der Waals surface area contributed by atoms with Gasteiger partial charge in [-0.15, -0.1) is 0 Å². The minimum absolute atomic E-state index is 0.00157. The summed E-state index contributed by atoms with van der Waals surface area (Å²) >= 11 is 5.58. The van der Waals surface area contributed by atoms with E-state index in [1.807, 2.05) is 17.8 Å². The third-order valence-electron chi connectivity index (χ3n) is 3.69. The number of hydrogen-bond donors (Lipinski definition) is 1. The van der Waals surface area contributed by atoms with Crippen molar-refractivity contribution in [2.75, 3.05) is 13.2 Å². The van der Waals surface area contributed by atoms with E-state index in [0.717, 1.165) is 27.3 Å². The molecule has 2 unspecified atom stereocenters. The molecular formula is C14H18BrNO2S. The lowest BCUT2D eigenvalue weighted by Crippen LogP contribution is -2.33. The monoisotopic (exact) mass is 343 g/mol. The molecule has 2 N–H and O–H groups in total. The Morgan fingerprint density at radius 3 is 2.84 bits per heavy atom. The lowest BCUT2D eigenvalue weighted by atomic mass is 9.92. The number of benzene rings is 1. The van der Waals surface area contributed by atoms with E-state index in [2.05, 4.69) is 29.8 Å². The van der Waals surface area contributed by atoms with Crippen LogP contribution >= 0.6 is 27.7 Å². The Kier molecular flexibility index (Phi) is 3.71. The van der Waals surface area contributed by atoms with Crippen molar-refractivity contribution in [1.29, 1.82) is 0 Å². The number of rotatable bonds is 1. The van der Waals surface area contributed by atoms with Gasteiger partial charge >= 0.3 is 0 Å². The Morgan fingerprint density at radius 2 is 2.11 bits per heavy atom. The molecule has 104 valence electrons. The van der Waals surface area contributed by atoms with Crippen molar-refractivity contribution in [1.82, 2.24) is 0 Å². The molecule has 1 aromatic rings. The summed E-state index contributed by atoms with van der Waals surface area (Å²) in [6.45, 7) is 5.66. The van der Waals surface area contributed by atoms with Gasteiger partial charge < -0.3 is 15.2 Å². The van der Waals surface area contributed by atoms with Crippen molar-refractivity contribution in [3.05, 3.63) is 21.7 Å². The van der Waals surface area contributed by atoms with Crippen molar-refractivity contribution in [3.63, 3.8) is 0 Å². The quantitative estimate of drug-likeness (QED) is 0.847. The normalized spacial score (nSPS) is 25.3. The largest absolute Gasteiger partial charge is 0.486 e. The highest BCUT2D eigenvalue weighted by Gasteiger charge is 2.35. The maximum Gasteiger partial charge on any atom is 0.166 e. The first-order chi connectivity index (χ1) is 9.09. The summed E-state index contributed by atoms with van der Waals surface area (Å²) in [5.41, 5.74) is 8.91. The van der Waals surface area contributed by atoms with Gasteiger partial charge in [0.2, 0.25) is 0 Å². The summed E-state index contributed by atoms with van der Waals surface area (Å²) in [7, 11) is 0. The van der Waals surface area contributed by atoms with Crippen LogP contribution in [0.15, 0.2) is 10.5 Å². The molecule has 5 heteroatoms. The van der Waals surface area contributed by atoms with Gasteiger partial charge in [-0.1, -0.05) is 29.8 Å². The van der Waals surface area contributed by atoms with Crippen LogP contribution in [0.25, 0.3) is 0 Å². The topological polar surface area (TPSA) is 44.5 Å². The van der Waals surface area contributed by atoms with Gasteiger partial charge in [-0.25, -0.2) is 0 Å². The van der Waals surface area contributed by atoms with E-state index in [0.29, 0.717) is 24.4 Å². The van der Waals surface area contributed by atoms with Crippen LogP contribution in [0.2, 0.25) is 0 Å². The standard InChI is InChI=1S/C14H18BrNO2S/c1-7(2)14-12(16)11-8(6-19-14)9(15)5-10-13(11)18-4-3-17-10/h5,7,12,14H,3-4,6,16H2,1-2H3. The molecule has 2 aliphatic rings. The third-order valence-corrected chi connectivity index (χ3v) is 6.08.